The maximum atomic E-state index is 12.0. The molecule has 0 aromatic heterocycles. The summed E-state index contributed by atoms with van der Waals surface area (Å²) in [5.74, 6) is -0.949. The third-order valence-electron chi connectivity index (χ3n) is 2.92. The number of esters is 2. The molecule has 1 rings (SSSR count). The first-order valence-corrected chi connectivity index (χ1v) is 7.27. The lowest BCUT2D eigenvalue weighted by Crippen LogP contribution is -2.13. The molecule has 1 aromatic rings. The summed E-state index contributed by atoms with van der Waals surface area (Å²) >= 11 is 0. The van der Waals surface area contributed by atoms with Crippen LogP contribution in [0.25, 0.3) is 6.08 Å². The maximum absolute atomic E-state index is 12.0. The lowest BCUT2D eigenvalue weighted by Gasteiger charge is -2.09. The lowest BCUT2D eigenvalue weighted by atomic mass is 10.0. The van der Waals surface area contributed by atoms with E-state index >= 15 is 0 Å². The first-order chi connectivity index (χ1) is 10.5. The molecule has 0 aliphatic rings. The molecule has 22 heavy (non-hydrogen) atoms. The zero-order valence-corrected chi connectivity index (χ0v) is 13.3. The highest BCUT2D eigenvalue weighted by Crippen LogP contribution is 2.17. The molecule has 0 N–H and O–H groups in total. The minimum absolute atomic E-state index is 0.103. The number of hydrogen-bond acceptors (Lipinski definition) is 4. The summed E-state index contributed by atoms with van der Waals surface area (Å²) in [6.07, 6.45) is 1.81. The number of carbonyl (C=O) groups excluding carboxylic acids is 2. The summed E-state index contributed by atoms with van der Waals surface area (Å²) in [4.78, 5) is 23.7. The van der Waals surface area contributed by atoms with E-state index in [9.17, 15) is 9.59 Å². The normalized spacial score (nSPS) is 11.0. The van der Waals surface area contributed by atoms with Crippen molar-refractivity contribution in [3.63, 3.8) is 0 Å². The van der Waals surface area contributed by atoms with E-state index in [2.05, 4.69) is 6.58 Å². The van der Waals surface area contributed by atoms with Gasteiger partial charge in [0.05, 0.1) is 13.2 Å². The van der Waals surface area contributed by atoms with Crippen LogP contribution >= 0.6 is 0 Å². The fourth-order valence-corrected chi connectivity index (χ4v) is 1.80. The quantitative estimate of drug-likeness (QED) is 0.572. The van der Waals surface area contributed by atoms with Gasteiger partial charge >= 0.3 is 11.9 Å². The number of aryl methyl sites for hydroxylation is 1. The van der Waals surface area contributed by atoms with Crippen molar-refractivity contribution in [1.82, 2.24) is 0 Å². The van der Waals surface area contributed by atoms with Crippen molar-refractivity contribution < 1.29 is 19.1 Å². The molecule has 0 aliphatic carbocycles. The predicted octanol–water partition coefficient (Wildman–Crippen LogP) is 3.45. The Morgan fingerprint density at radius 2 is 1.59 bits per heavy atom. The molecule has 118 valence electrons. The minimum atomic E-state index is -0.499. The summed E-state index contributed by atoms with van der Waals surface area (Å²) in [6.45, 7) is 9.68. The molecule has 0 fully saturated rings. The summed E-state index contributed by atoms with van der Waals surface area (Å²) in [7, 11) is 0. The smallest absolute Gasteiger partial charge is 0.334 e. The fraction of sp³-hybridized carbons (Fsp3) is 0.333. The van der Waals surface area contributed by atoms with Crippen LogP contribution in [0, 0.1) is 6.92 Å². The molecule has 0 atom stereocenters. The highest BCUT2D eigenvalue weighted by molar-refractivity contribution is 5.97. The largest absolute Gasteiger partial charge is 0.463 e. The van der Waals surface area contributed by atoms with Crippen LogP contribution in [-0.4, -0.2) is 25.2 Å². The lowest BCUT2D eigenvalue weighted by molar-refractivity contribution is -0.138. The molecular formula is C18H22O4. The Labute approximate surface area is 131 Å². The molecule has 0 unspecified atom stereocenters. The van der Waals surface area contributed by atoms with E-state index in [4.69, 9.17) is 9.47 Å². The summed E-state index contributed by atoms with van der Waals surface area (Å²) in [5, 5.41) is 0. The number of rotatable bonds is 7. The zero-order valence-electron chi connectivity index (χ0n) is 13.3. The van der Waals surface area contributed by atoms with Gasteiger partial charge in [0.15, 0.2) is 0 Å². The van der Waals surface area contributed by atoms with Crippen molar-refractivity contribution in [2.24, 2.45) is 0 Å². The SMILES string of the molecule is C=C(C/C(=C\c1ccc(C)cc1)C(=O)OCC)C(=O)OCC. The van der Waals surface area contributed by atoms with Crippen LogP contribution in [0.15, 0.2) is 42.0 Å². The second-order valence-electron chi connectivity index (χ2n) is 4.80. The van der Waals surface area contributed by atoms with E-state index in [1.165, 1.54) is 0 Å². The second-order valence-corrected chi connectivity index (χ2v) is 4.80. The van der Waals surface area contributed by atoms with E-state index in [0.29, 0.717) is 5.57 Å². The standard InChI is InChI=1S/C18H22O4/c1-5-21-17(19)14(4)11-16(18(20)22-6-2)12-15-9-7-13(3)8-10-15/h7-10,12H,4-6,11H2,1-3H3/b16-12+. The predicted molar refractivity (Wildman–Crippen MR) is 86.2 cm³/mol. The van der Waals surface area contributed by atoms with Crippen molar-refractivity contribution in [3.05, 3.63) is 53.1 Å². The highest BCUT2D eigenvalue weighted by Gasteiger charge is 2.16. The third-order valence-corrected chi connectivity index (χ3v) is 2.92. The van der Waals surface area contributed by atoms with Crippen LogP contribution in [0.5, 0.6) is 0 Å². The molecule has 0 amide bonds. The van der Waals surface area contributed by atoms with Gasteiger partial charge in [-0.2, -0.15) is 0 Å². The molecular weight excluding hydrogens is 280 g/mol. The van der Waals surface area contributed by atoms with E-state index in [-0.39, 0.29) is 25.2 Å². The van der Waals surface area contributed by atoms with Gasteiger partial charge in [0, 0.05) is 17.6 Å². The van der Waals surface area contributed by atoms with Crippen LogP contribution in [0.3, 0.4) is 0 Å². The molecule has 0 saturated carbocycles. The van der Waals surface area contributed by atoms with E-state index < -0.39 is 11.9 Å². The summed E-state index contributed by atoms with van der Waals surface area (Å²) < 4.78 is 9.93. The molecule has 0 spiro atoms. The Morgan fingerprint density at radius 3 is 2.14 bits per heavy atom. The Bertz CT molecular complexity index is 567. The Morgan fingerprint density at radius 1 is 1.05 bits per heavy atom. The van der Waals surface area contributed by atoms with Crippen molar-refractivity contribution in [2.75, 3.05) is 13.2 Å². The monoisotopic (exact) mass is 302 g/mol. The van der Waals surface area contributed by atoms with Crippen molar-refractivity contribution in [3.8, 4) is 0 Å². The first kappa shape index (κ1) is 17.7. The van der Waals surface area contributed by atoms with Gasteiger partial charge in [0.1, 0.15) is 0 Å². The molecule has 4 heteroatoms. The van der Waals surface area contributed by atoms with E-state index in [0.717, 1.165) is 11.1 Å². The Balaban J connectivity index is 2.97. The number of hydrogen-bond donors (Lipinski definition) is 0. The average molecular weight is 302 g/mol. The van der Waals surface area contributed by atoms with Gasteiger partial charge in [-0.25, -0.2) is 9.59 Å². The first-order valence-electron chi connectivity index (χ1n) is 7.27. The summed E-state index contributed by atoms with van der Waals surface area (Å²) in [5.41, 5.74) is 2.60. The number of benzene rings is 1. The van der Waals surface area contributed by atoms with Gasteiger partial charge in [-0.15, -0.1) is 0 Å². The van der Waals surface area contributed by atoms with Crippen LogP contribution < -0.4 is 0 Å². The third kappa shape index (κ3) is 5.56. The number of ether oxygens (including phenoxy) is 2. The molecule has 0 bridgehead atoms. The average Bonchev–Trinajstić information content (AvgIpc) is 2.49. The van der Waals surface area contributed by atoms with E-state index in [1.54, 1.807) is 19.9 Å². The van der Waals surface area contributed by atoms with Crippen LogP contribution in [-0.2, 0) is 19.1 Å². The molecule has 0 heterocycles. The summed E-state index contributed by atoms with van der Waals surface area (Å²) in [6, 6.07) is 7.72. The molecule has 0 radical (unpaired) electrons. The molecule has 4 nitrogen and oxygen atoms in total. The number of carbonyl (C=O) groups is 2. The molecule has 1 aromatic carbocycles. The zero-order chi connectivity index (χ0) is 16.5. The highest BCUT2D eigenvalue weighted by atomic mass is 16.5. The van der Waals surface area contributed by atoms with Crippen molar-refractivity contribution in [2.45, 2.75) is 27.2 Å². The van der Waals surface area contributed by atoms with E-state index in [1.807, 2.05) is 31.2 Å². The van der Waals surface area contributed by atoms with Gasteiger partial charge in [-0.3, -0.25) is 0 Å². The van der Waals surface area contributed by atoms with Crippen molar-refractivity contribution in [1.29, 1.82) is 0 Å². The topological polar surface area (TPSA) is 52.6 Å². The van der Waals surface area contributed by atoms with Gasteiger partial charge in [0.2, 0.25) is 0 Å². The van der Waals surface area contributed by atoms with Gasteiger partial charge < -0.3 is 9.47 Å². The van der Waals surface area contributed by atoms with Crippen molar-refractivity contribution >= 4 is 18.0 Å². The second kappa shape index (κ2) is 8.82. The fourth-order valence-electron chi connectivity index (χ4n) is 1.80. The van der Waals surface area contributed by atoms with Crippen LogP contribution in [0.2, 0.25) is 0 Å². The maximum Gasteiger partial charge on any atom is 0.334 e. The van der Waals surface area contributed by atoms with Crippen LogP contribution in [0.1, 0.15) is 31.4 Å². The Kier molecular flexibility index (Phi) is 7.09. The van der Waals surface area contributed by atoms with Crippen LogP contribution in [0.4, 0.5) is 0 Å². The van der Waals surface area contributed by atoms with Gasteiger partial charge in [0.25, 0.3) is 0 Å². The van der Waals surface area contributed by atoms with Gasteiger partial charge in [-0.1, -0.05) is 36.4 Å². The Hall–Kier alpha value is -2.36. The molecule has 0 saturated heterocycles. The minimum Gasteiger partial charge on any atom is -0.463 e. The van der Waals surface area contributed by atoms with Gasteiger partial charge in [-0.05, 0) is 32.4 Å². The molecule has 0 aliphatic heterocycles.